The number of aromatic nitrogens is 1. The zero-order valence-electron chi connectivity index (χ0n) is 10.9. The van der Waals surface area contributed by atoms with Gasteiger partial charge in [-0.25, -0.2) is 0 Å². The number of nitrogens with zero attached hydrogens (tertiary/aromatic N) is 1. The Bertz CT molecular complexity index is 715. The number of pyridine rings is 1. The largest absolute Gasteiger partial charge is 0.495 e. The molecule has 20 heavy (non-hydrogen) atoms. The summed E-state index contributed by atoms with van der Waals surface area (Å²) >= 11 is 6.24. The lowest BCUT2D eigenvalue weighted by atomic mass is 10.0. The Morgan fingerprint density at radius 1 is 1.55 bits per heavy atom. The third kappa shape index (κ3) is 1.99. The lowest BCUT2D eigenvalue weighted by molar-refractivity contribution is -0.136. The zero-order chi connectivity index (χ0) is 14.3. The van der Waals surface area contributed by atoms with Gasteiger partial charge in [0.05, 0.1) is 24.1 Å². The molecule has 2 N–H and O–H groups in total. The summed E-state index contributed by atoms with van der Waals surface area (Å²) in [7, 11) is 1.52. The minimum absolute atomic E-state index is 0.175. The maximum absolute atomic E-state index is 11.1. The molecule has 0 saturated carbocycles. The number of fused-ring (bicyclic) bond motifs is 3. The first-order valence-corrected chi connectivity index (χ1v) is 6.58. The number of hydrogen-bond acceptors (Lipinski definition) is 4. The highest BCUT2D eigenvalue weighted by molar-refractivity contribution is 6.34. The highest BCUT2D eigenvalue weighted by Crippen LogP contribution is 2.37. The molecule has 2 heterocycles. The molecule has 104 valence electrons. The number of carbonyl (C=O) groups is 1. The van der Waals surface area contributed by atoms with Gasteiger partial charge in [-0.1, -0.05) is 11.6 Å². The van der Waals surface area contributed by atoms with Crippen molar-refractivity contribution in [3.05, 3.63) is 34.0 Å². The van der Waals surface area contributed by atoms with E-state index in [1.54, 1.807) is 6.20 Å². The zero-order valence-corrected chi connectivity index (χ0v) is 11.6. The molecule has 5 nitrogen and oxygen atoms in total. The Labute approximate surface area is 120 Å². The lowest BCUT2D eigenvalue weighted by Crippen LogP contribution is -2.04. The summed E-state index contributed by atoms with van der Waals surface area (Å²) in [5.74, 6) is -0.459. The van der Waals surface area contributed by atoms with Crippen molar-refractivity contribution >= 4 is 28.5 Å². The average molecular weight is 293 g/mol. The highest BCUT2D eigenvalue weighted by Gasteiger charge is 2.21. The van der Waals surface area contributed by atoms with E-state index in [1.165, 1.54) is 7.11 Å². The predicted molar refractivity (Wildman–Crippen MR) is 75.2 cm³/mol. The molecule has 2 aromatic rings. The molecule has 0 spiro atoms. The number of nitrogens with one attached hydrogen (secondary N) is 1. The van der Waals surface area contributed by atoms with Gasteiger partial charge in [0.1, 0.15) is 5.75 Å². The molecule has 0 aliphatic carbocycles. The Balaban J connectivity index is 2.34. The summed E-state index contributed by atoms with van der Waals surface area (Å²) < 4.78 is 5.26. The van der Waals surface area contributed by atoms with Crippen LogP contribution in [-0.4, -0.2) is 23.2 Å². The second-order valence-corrected chi connectivity index (χ2v) is 5.08. The minimum atomic E-state index is -0.943. The Morgan fingerprint density at radius 3 is 3.05 bits per heavy atom. The first-order chi connectivity index (χ1) is 9.61. The van der Waals surface area contributed by atoms with Crippen LogP contribution >= 0.6 is 11.6 Å². The van der Waals surface area contributed by atoms with Crippen molar-refractivity contribution in [1.29, 1.82) is 0 Å². The van der Waals surface area contributed by atoms with Crippen LogP contribution < -0.4 is 10.1 Å². The summed E-state index contributed by atoms with van der Waals surface area (Å²) in [5, 5.41) is 13.6. The molecule has 0 unspecified atom stereocenters. The molecule has 0 radical (unpaired) electrons. The quantitative estimate of drug-likeness (QED) is 0.907. The molecule has 1 aliphatic heterocycles. The number of halogens is 1. The van der Waals surface area contributed by atoms with Crippen molar-refractivity contribution in [3.8, 4) is 5.75 Å². The molecule has 1 aromatic heterocycles. The van der Waals surface area contributed by atoms with E-state index in [-0.39, 0.29) is 6.42 Å². The van der Waals surface area contributed by atoms with Gasteiger partial charge >= 0.3 is 5.97 Å². The van der Waals surface area contributed by atoms with E-state index in [2.05, 4.69) is 10.3 Å². The summed E-state index contributed by atoms with van der Waals surface area (Å²) in [6.45, 7) is 1.52. The number of benzene rings is 1. The normalized spacial score (nSPS) is 13.5. The third-order valence-electron chi connectivity index (χ3n) is 3.53. The van der Waals surface area contributed by atoms with Crippen LogP contribution in [0.4, 0.5) is 0 Å². The second kappa shape index (κ2) is 4.92. The molecule has 1 aliphatic rings. The molecule has 0 bridgehead atoms. The van der Waals surface area contributed by atoms with Gasteiger partial charge in [0.15, 0.2) is 0 Å². The Kier molecular flexibility index (Phi) is 3.23. The van der Waals surface area contributed by atoms with E-state index in [1.807, 2.05) is 6.07 Å². The molecular formula is C14H13ClN2O3. The fourth-order valence-electron chi connectivity index (χ4n) is 2.59. The Morgan fingerprint density at radius 2 is 2.35 bits per heavy atom. The van der Waals surface area contributed by atoms with Crippen LogP contribution in [0.15, 0.2) is 12.3 Å². The standard InChI is InChI=1S/C14H13ClN2O3/c1-20-11-2-8-10-6-16-4-7(10)5-17-14(8)9(13(11)15)3-12(18)19/h2,5,16H,3-4,6H2,1H3,(H,18,19). The van der Waals surface area contributed by atoms with E-state index in [0.717, 1.165) is 29.6 Å². The third-order valence-corrected chi connectivity index (χ3v) is 3.94. The molecule has 0 fully saturated rings. The van der Waals surface area contributed by atoms with Crippen LogP contribution in [0.2, 0.25) is 5.02 Å². The van der Waals surface area contributed by atoms with Gasteiger partial charge in [0.25, 0.3) is 0 Å². The van der Waals surface area contributed by atoms with E-state index in [4.69, 9.17) is 21.4 Å². The van der Waals surface area contributed by atoms with E-state index in [0.29, 0.717) is 21.9 Å². The molecule has 0 atom stereocenters. The van der Waals surface area contributed by atoms with Crippen LogP contribution in [0, 0.1) is 0 Å². The van der Waals surface area contributed by atoms with Gasteiger partial charge in [-0.05, 0) is 17.2 Å². The lowest BCUT2D eigenvalue weighted by Gasteiger charge is -2.13. The van der Waals surface area contributed by atoms with Gasteiger partial charge in [-0.3, -0.25) is 9.78 Å². The van der Waals surface area contributed by atoms with Crippen LogP contribution in [0.5, 0.6) is 5.75 Å². The second-order valence-electron chi connectivity index (χ2n) is 4.70. The van der Waals surface area contributed by atoms with Crippen molar-refractivity contribution in [2.45, 2.75) is 19.5 Å². The topological polar surface area (TPSA) is 71.5 Å². The number of methoxy groups -OCH3 is 1. The highest BCUT2D eigenvalue weighted by atomic mass is 35.5. The Hall–Kier alpha value is -1.85. The number of aliphatic carboxylic acids is 1. The van der Waals surface area contributed by atoms with Gasteiger partial charge in [-0.2, -0.15) is 0 Å². The maximum Gasteiger partial charge on any atom is 0.307 e. The monoisotopic (exact) mass is 292 g/mol. The molecule has 0 saturated heterocycles. The number of rotatable bonds is 3. The van der Waals surface area contributed by atoms with Gasteiger partial charge in [-0.15, -0.1) is 0 Å². The van der Waals surface area contributed by atoms with Crippen molar-refractivity contribution in [2.24, 2.45) is 0 Å². The van der Waals surface area contributed by atoms with Crippen molar-refractivity contribution in [2.75, 3.05) is 7.11 Å². The van der Waals surface area contributed by atoms with E-state index >= 15 is 0 Å². The fourth-order valence-corrected chi connectivity index (χ4v) is 2.88. The first kappa shape index (κ1) is 13.1. The first-order valence-electron chi connectivity index (χ1n) is 6.20. The smallest absolute Gasteiger partial charge is 0.307 e. The summed E-state index contributed by atoms with van der Waals surface area (Å²) in [5.41, 5.74) is 3.41. The van der Waals surface area contributed by atoms with Crippen molar-refractivity contribution in [1.82, 2.24) is 10.3 Å². The van der Waals surface area contributed by atoms with Crippen LogP contribution in [0.1, 0.15) is 16.7 Å². The molecule has 6 heteroatoms. The van der Waals surface area contributed by atoms with Crippen LogP contribution in [-0.2, 0) is 24.3 Å². The van der Waals surface area contributed by atoms with Crippen molar-refractivity contribution in [3.63, 3.8) is 0 Å². The summed E-state index contributed by atoms with van der Waals surface area (Å²) in [6.07, 6.45) is 1.61. The number of carboxylic acid groups (broad SMARTS) is 1. The fraction of sp³-hybridized carbons (Fsp3) is 0.286. The average Bonchev–Trinajstić information content (AvgIpc) is 2.89. The van der Waals surface area contributed by atoms with E-state index < -0.39 is 5.97 Å². The SMILES string of the molecule is COc1cc2c3c(cnc2c(CC(=O)O)c1Cl)CNC3. The predicted octanol–water partition coefficient (Wildman–Crippen LogP) is 2.13. The molecule has 3 rings (SSSR count). The van der Waals surface area contributed by atoms with E-state index in [9.17, 15) is 4.79 Å². The number of ether oxygens (including phenoxy) is 1. The molecule has 0 amide bonds. The molecule has 1 aromatic carbocycles. The summed E-state index contributed by atoms with van der Waals surface area (Å²) in [6, 6.07) is 1.84. The maximum atomic E-state index is 11.1. The van der Waals surface area contributed by atoms with Gasteiger partial charge in [0, 0.05) is 30.2 Å². The summed E-state index contributed by atoms with van der Waals surface area (Å²) in [4.78, 5) is 15.5. The van der Waals surface area contributed by atoms with Gasteiger partial charge in [0.2, 0.25) is 0 Å². The number of hydrogen-bond donors (Lipinski definition) is 2. The van der Waals surface area contributed by atoms with Crippen LogP contribution in [0.25, 0.3) is 10.9 Å². The minimum Gasteiger partial charge on any atom is -0.495 e. The molecular weight excluding hydrogens is 280 g/mol. The van der Waals surface area contributed by atoms with Crippen LogP contribution in [0.3, 0.4) is 0 Å². The number of carboxylic acids is 1. The van der Waals surface area contributed by atoms with Crippen molar-refractivity contribution < 1.29 is 14.6 Å². The van der Waals surface area contributed by atoms with Gasteiger partial charge < -0.3 is 15.2 Å².